The van der Waals surface area contributed by atoms with Crippen molar-refractivity contribution in [3.8, 4) is 0 Å². The van der Waals surface area contributed by atoms with Crippen LogP contribution in [0.3, 0.4) is 0 Å². The lowest BCUT2D eigenvalue weighted by Gasteiger charge is -2.08. The number of hydrogen-bond donors (Lipinski definition) is 0. The van der Waals surface area contributed by atoms with Gasteiger partial charge in [0.05, 0.1) is 50.7 Å². The third kappa shape index (κ3) is 5.40. The topological polar surface area (TPSA) is 45.5 Å². The molecule has 0 N–H and O–H groups in total. The summed E-state index contributed by atoms with van der Waals surface area (Å²) in [6, 6.07) is 0. The smallest absolute Gasteiger partial charge is 0.0701 e. The van der Waals surface area contributed by atoms with E-state index < -0.39 is 0 Å². The Balaban J connectivity index is 2.24. The quantitative estimate of drug-likeness (QED) is 0.492. The minimum Gasteiger partial charge on any atom is -0.382 e. The largest absolute Gasteiger partial charge is 0.382 e. The van der Waals surface area contributed by atoms with Gasteiger partial charge in [0.1, 0.15) is 0 Å². The normalized spacial score (nSPS) is 12.8. The molecule has 0 fully saturated rings. The predicted octanol–water partition coefficient (Wildman–Crippen LogP) is 2.48. The summed E-state index contributed by atoms with van der Waals surface area (Å²) in [5.74, 6) is 0. The van der Waals surface area contributed by atoms with Crippen molar-refractivity contribution in [2.45, 2.75) is 32.7 Å². The average molecular weight is 305 g/mol. The molecular formula is C14H25ClN2O3. The summed E-state index contributed by atoms with van der Waals surface area (Å²) in [6.45, 7) is 9.74. The summed E-state index contributed by atoms with van der Waals surface area (Å²) < 4.78 is 17.7. The first-order valence-corrected chi connectivity index (χ1v) is 7.34. The van der Waals surface area contributed by atoms with Crippen molar-refractivity contribution in [1.82, 2.24) is 9.78 Å². The molecule has 0 aromatic carbocycles. The van der Waals surface area contributed by atoms with Crippen LogP contribution < -0.4 is 0 Å². The molecule has 1 aromatic rings. The zero-order valence-corrected chi connectivity index (χ0v) is 13.6. The van der Waals surface area contributed by atoms with Crippen LogP contribution in [0.15, 0.2) is 0 Å². The van der Waals surface area contributed by atoms with Crippen LogP contribution in [-0.2, 0) is 20.8 Å². The summed E-state index contributed by atoms with van der Waals surface area (Å²) >= 11 is 6.16. The van der Waals surface area contributed by atoms with Crippen molar-refractivity contribution in [2.75, 3.05) is 40.1 Å². The Bertz CT molecular complexity index is 394. The summed E-state index contributed by atoms with van der Waals surface area (Å²) in [5, 5.41) is 4.48. The van der Waals surface area contributed by atoms with Crippen molar-refractivity contribution in [1.29, 1.82) is 0 Å². The van der Waals surface area contributed by atoms with E-state index in [0.29, 0.717) is 33.0 Å². The first-order chi connectivity index (χ1) is 9.57. The Morgan fingerprint density at radius 1 is 1.10 bits per heavy atom. The second-order valence-corrected chi connectivity index (χ2v) is 5.30. The van der Waals surface area contributed by atoms with Gasteiger partial charge in [0, 0.05) is 18.4 Å². The summed E-state index contributed by atoms with van der Waals surface area (Å²) in [6.07, 6.45) is 0. The van der Waals surface area contributed by atoms with E-state index in [9.17, 15) is 0 Å². The van der Waals surface area contributed by atoms with Gasteiger partial charge in [-0.15, -0.1) is 11.6 Å². The van der Waals surface area contributed by atoms with Crippen LogP contribution in [0.4, 0.5) is 0 Å². The number of hydrogen-bond acceptors (Lipinski definition) is 4. The van der Waals surface area contributed by atoms with Gasteiger partial charge < -0.3 is 14.2 Å². The maximum absolute atomic E-state index is 6.16. The molecule has 0 aliphatic heterocycles. The summed E-state index contributed by atoms with van der Waals surface area (Å²) in [7, 11) is 1.66. The lowest BCUT2D eigenvalue weighted by molar-refractivity contribution is 0.0224. The molecule has 0 spiro atoms. The molecule has 0 amide bonds. The van der Waals surface area contributed by atoms with Gasteiger partial charge in [0.15, 0.2) is 0 Å². The molecule has 1 heterocycles. The minimum atomic E-state index is -0.0150. The number of nitrogens with zero attached hydrogens (tertiary/aromatic N) is 2. The SMILES string of the molecule is COCCOCCOCCn1nc(C)c(C(C)Cl)c1C. The highest BCUT2D eigenvalue weighted by atomic mass is 35.5. The molecule has 1 unspecified atom stereocenters. The van der Waals surface area contributed by atoms with E-state index in [4.69, 9.17) is 25.8 Å². The van der Waals surface area contributed by atoms with Gasteiger partial charge in [0.2, 0.25) is 0 Å². The molecule has 20 heavy (non-hydrogen) atoms. The molecule has 0 saturated carbocycles. The standard InChI is InChI=1S/C14H25ClN2O3/c1-11(15)14-12(2)16-17(13(14)3)5-6-19-9-10-20-8-7-18-4/h11H,5-10H2,1-4H3. The van der Waals surface area contributed by atoms with Gasteiger partial charge in [-0.1, -0.05) is 0 Å². The highest BCUT2D eigenvalue weighted by Gasteiger charge is 2.15. The molecule has 5 nitrogen and oxygen atoms in total. The Labute approximate surface area is 126 Å². The first kappa shape index (κ1) is 17.4. The van der Waals surface area contributed by atoms with Crippen LogP contribution in [0.1, 0.15) is 29.3 Å². The lowest BCUT2D eigenvalue weighted by atomic mass is 10.1. The molecule has 6 heteroatoms. The number of ether oxygens (including phenoxy) is 3. The number of methoxy groups -OCH3 is 1. The molecule has 0 aliphatic rings. The Morgan fingerprint density at radius 3 is 2.25 bits per heavy atom. The molecule has 0 bridgehead atoms. The fourth-order valence-electron chi connectivity index (χ4n) is 2.12. The summed E-state index contributed by atoms with van der Waals surface area (Å²) in [4.78, 5) is 0. The number of rotatable bonds is 10. The van der Waals surface area contributed by atoms with E-state index in [0.717, 1.165) is 23.5 Å². The molecule has 116 valence electrons. The Kier molecular flexibility index (Phi) is 8.14. The van der Waals surface area contributed by atoms with Crippen molar-refractivity contribution in [2.24, 2.45) is 0 Å². The Morgan fingerprint density at radius 2 is 1.70 bits per heavy atom. The highest BCUT2D eigenvalue weighted by molar-refractivity contribution is 6.20. The van der Waals surface area contributed by atoms with E-state index in [1.165, 1.54) is 0 Å². The van der Waals surface area contributed by atoms with Crippen LogP contribution in [0.5, 0.6) is 0 Å². The van der Waals surface area contributed by atoms with Crippen molar-refractivity contribution < 1.29 is 14.2 Å². The lowest BCUT2D eigenvalue weighted by Crippen LogP contribution is -2.13. The third-order valence-corrected chi connectivity index (χ3v) is 3.30. The number of aromatic nitrogens is 2. The zero-order chi connectivity index (χ0) is 15.0. The fourth-order valence-corrected chi connectivity index (χ4v) is 2.44. The second-order valence-electron chi connectivity index (χ2n) is 4.64. The molecule has 0 saturated heterocycles. The molecular weight excluding hydrogens is 280 g/mol. The second kappa shape index (κ2) is 9.34. The van der Waals surface area contributed by atoms with Crippen LogP contribution in [0.25, 0.3) is 0 Å². The van der Waals surface area contributed by atoms with E-state index in [-0.39, 0.29) is 5.38 Å². The predicted molar refractivity (Wildman–Crippen MR) is 79.5 cm³/mol. The van der Waals surface area contributed by atoms with Gasteiger partial charge in [-0.3, -0.25) is 4.68 Å². The van der Waals surface area contributed by atoms with Crippen molar-refractivity contribution in [3.05, 3.63) is 17.0 Å². The van der Waals surface area contributed by atoms with Gasteiger partial charge in [-0.05, 0) is 20.8 Å². The van der Waals surface area contributed by atoms with Crippen molar-refractivity contribution in [3.63, 3.8) is 0 Å². The van der Waals surface area contributed by atoms with Gasteiger partial charge >= 0.3 is 0 Å². The van der Waals surface area contributed by atoms with E-state index in [1.54, 1.807) is 7.11 Å². The Hall–Kier alpha value is -0.620. The van der Waals surface area contributed by atoms with Crippen LogP contribution in [0, 0.1) is 13.8 Å². The highest BCUT2D eigenvalue weighted by Crippen LogP contribution is 2.25. The molecule has 1 atom stereocenters. The first-order valence-electron chi connectivity index (χ1n) is 6.90. The van der Waals surface area contributed by atoms with Crippen molar-refractivity contribution >= 4 is 11.6 Å². The summed E-state index contributed by atoms with van der Waals surface area (Å²) in [5.41, 5.74) is 3.23. The van der Waals surface area contributed by atoms with Gasteiger partial charge in [-0.25, -0.2) is 0 Å². The fraction of sp³-hybridized carbons (Fsp3) is 0.786. The van der Waals surface area contributed by atoms with E-state index in [1.807, 2.05) is 25.5 Å². The van der Waals surface area contributed by atoms with Gasteiger partial charge in [-0.2, -0.15) is 5.10 Å². The third-order valence-electron chi connectivity index (χ3n) is 3.09. The van der Waals surface area contributed by atoms with Crippen LogP contribution in [0.2, 0.25) is 0 Å². The zero-order valence-electron chi connectivity index (χ0n) is 12.8. The average Bonchev–Trinajstić information content (AvgIpc) is 2.67. The van der Waals surface area contributed by atoms with E-state index >= 15 is 0 Å². The molecule has 1 rings (SSSR count). The molecule has 1 aromatic heterocycles. The van der Waals surface area contributed by atoms with Crippen LogP contribution in [-0.4, -0.2) is 49.9 Å². The molecule has 0 radical (unpaired) electrons. The van der Waals surface area contributed by atoms with Gasteiger partial charge in [0.25, 0.3) is 0 Å². The molecule has 0 aliphatic carbocycles. The monoisotopic (exact) mass is 304 g/mol. The van der Waals surface area contributed by atoms with Crippen LogP contribution >= 0.6 is 11.6 Å². The maximum atomic E-state index is 6.16. The number of alkyl halides is 1. The maximum Gasteiger partial charge on any atom is 0.0701 e. The number of aryl methyl sites for hydroxylation is 1. The number of halogens is 1. The van der Waals surface area contributed by atoms with E-state index in [2.05, 4.69) is 5.10 Å². The minimum absolute atomic E-state index is 0.0150.